The molecule has 0 saturated heterocycles. The number of carbonyl (C=O) groups is 2. The van der Waals surface area contributed by atoms with Crippen molar-refractivity contribution in [2.75, 3.05) is 0 Å². The normalized spacial score (nSPS) is 10.7. The number of hydrogen-bond donors (Lipinski definition) is 0. The fourth-order valence-corrected chi connectivity index (χ4v) is 0.406. The summed E-state index contributed by atoms with van der Waals surface area (Å²) in [6, 6.07) is 0. The van der Waals surface area contributed by atoms with Gasteiger partial charge in [0.05, 0.1) is 0 Å². The van der Waals surface area contributed by atoms with Crippen molar-refractivity contribution >= 4 is 11.9 Å². The van der Waals surface area contributed by atoms with Crippen LogP contribution >= 0.6 is 0 Å². The maximum atomic E-state index is 10.4. The molecule has 1 N–H and O–H groups in total. The summed E-state index contributed by atoms with van der Waals surface area (Å²) in [6.45, 7) is 3.96. The van der Waals surface area contributed by atoms with E-state index in [2.05, 4.69) is 4.74 Å². The van der Waals surface area contributed by atoms with Crippen LogP contribution in [0.15, 0.2) is 0 Å². The van der Waals surface area contributed by atoms with E-state index in [-0.39, 0.29) is 0 Å². The molecule has 0 unspecified atom stereocenters. The minimum absolute atomic E-state index is 0.550. The maximum Gasteiger partial charge on any atom is 0.303 e. The average molecular weight is 144 g/mol. The van der Waals surface area contributed by atoms with Gasteiger partial charge >= 0.3 is 5.97 Å². The third-order valence-corrected chi connectivity index (χ3v) is 0.946. The van der Waals surface area contributed by atoms with Gasteiger partial charge in [0.25, 0.3) is 5.91 Å². The summed E-state index contributed by atoms with van der Waals surface area (Å²) in [6.07, 6.45) is 0. The zero-order chi connectivity index (χ0) is 8.36. The predicted molar refractivity (Wildman–Crippen MR) is 33.9 cm³/mol. The zero-order valence-electron chi connectivity index (χ0n) is 6.22. The molecule has 0 aliphatic heterocycles. The van der Waals surface area contributed by atoms with Gasteiger partial charge < -0.3 is 4.74 Å². The van der Waals surface area contributed by atoms with E-state index in [0.717, 1.165) is 0 Å². The van der Waals surface area contributed by atoms with Crippen molar-refractivity contribution in [3.8, 4) is 0 Å². The molecule has 0 aliphatic rings. The topological polar surface area (TPSA) is 67.2 Å². The van der Waals surface area contributed by atoms with Gasteiger partial charge in [-0.3, -0.25) is 15.3 Å². The molecule has 0 aliphatic carbocycles. The first-order valence-electron chi connectivity index (χ1n) is 2.82. The Balaban J connectivity index is 4.13. The molecule has 0 bridgehead atoms. The lowest BCUT2D eigenvalue weighted by molar-refractivity contribution is -0.161. The Morgan fingerprint density at radius 1 is 1.40 bits per heavy atom. The van der Waals surface area contributed by atoms with Crippen LogP contribution in [0, 0.1) is 0 Å². The largest absolute Gasteiger partial charge is 0.450 e. The molecule has 0 heterocycles. The summed E-state index contributed by atoms with van der Waals surface area (Å²) in [5.41, 5.74) is 5.36. The molecular weight excluding hydrogens is 134 g/mol. The van der Waals surface area contributed by atoms with Crippen LogP contribution in [0.4, 0.5) is 0 Å². The first-order chi connectivity index (χ1) is 4.36. The van der Waals surface area contributed by atoms with Crippen LogP contribution in [0.3, 0.4) is 0 Å². The fourth-order valence-electron chi connectivity index (χ4n) is 0.406. The molecule has 0 aromatic heterocycles. The molecular formula is C6H10NO3. The Kier molecular flexibility index (Phi) is 2.40. The van der Waals surface area contributed by atoms with Crippen LogP contribution in [0.1, 0.15) is 20.8 Å². The summed E-state index contributed by atoms with van der Waals surface area (Å²) < 4.78 is 4.52. The van der Waals surface area contributed by atoms with Crippen LogP contribution in [-0.2, 0) is 14.3 Å². The van der Waals surface area contributed by atoms with Crippen LogP contribution < -0.4 is 5.73 Å². The van der Waals surface area contributed by atoms with Crippen molar-refractivity contribution in [3.05, 3.63) is 0 Å². The molecule has 57 valence electrons. The highest BCUT2D eigenvalue weighted by molar-refractivity contribution is 5.84. The van der Waals surface area contributed by atoms with Gasteiger partial charge in [-0.15, -0.1) is 0 Å². The zero-order valence-corrected chi connectivity index (χ0v) is 6.22. The molecule has 1 radical (unpaired) electrons. The number of esters is 1. The lowest BCUT2D eigenvalue weighted by atomic mass is 10.1. The van der Waals surface area contributed by atoms with Gasteiger partial charge in [0, 0.05) is 6.92 Å². The molecule has 10 heavy (non-hydrogen) atoms. The van der Waals surface area contributed by atoms with Crippen molar-refractivity contribution in [3.63, 3.8) is 0 Å². The van der Waals surface area contributed by atoms with E-state index >= 15 is 0 Å². The van der Waals surface area contributed by atoms with E-state index < -0.39 is 17.5 Å². The quantitative estimate of drug-likeness (QED) is 0.517. The number of rotatable bonds is 2. The first-order valence-corrected chi connectivity index (χ1v) is 2.82. The molecule has 0 aromatic carbocycles. The Labute approximate surface area is 59.3 Å². The van der Waals surface area contributed by atoms with Gasteiger partial charge in [-0.25, -0.2) is 0 Å². The highest BCUT2D eigenvalue weighted by Crippen LogP contribution is 2.07. The Hall–Kier alpha value is -1.06. The summed E-state index contributed by atoms with van der Waals surface area (Å²) in [5, 5.41) is 0. The summed E-state index contributed by atoms with van der Waals surface area (Å²) in [5.74, 6) is -1.45. The van der Waals surface area contributed by atoms with Crippen molar-refractivity contribution in [2.45, 2.75) is 26.4 Å². The van der Waals surface area contributed by atoms with Gasteiger partial charge in [-0.05, 0) is 13.8 Å². The van der Waals surface area contributed by atoms with E-state index in [1.165, 1.54) is 20.8 Å². The van der Waals surface area contributed by atoms with E-state index in [0.29, 0.717) is 0 Å². The molecule has 0 saturated carbocycles. The summed E-state index contributed by atoms with van der Waals surface area (Å²) >= 11 is 0. The number of hydrogen-bond acceptors (Lipinski definition) is 3. The Morgan fingerprint density at radius 3 is 1.90 bits per heavy atom. The van der Waals surface area contributed by atoms with E-state index in [4.69, 9.17) is 5.73 Å². The predicted octanol–water partition coefficient (Wildman–Crippen LogP) is 0.138. The monoisotopic (exact) mass is 144 g/mol. The second-order valence-corrected chi connectivity index (χ2v) is 2.43. The van der Waals surface area contributed by atoms with Gasteiger partial charge in [0.2, 0.25) is 0 Å². The molecule has 0 aromatic rings. The number of amides is 1. The Bertz CT molecular complexity index is 162. The number of ether oxygens (including phenoxy) is 1. The minimum atomic E-state index is -1.30. The molecule has 0 atom stereocenters. The average Bonchev–Trinajstić information content (AvgIpc) is 1.60. The minimum Gasteiger partial charge on any atom is -0.450 e. The van der Waals surface area contributed by atoms with Gasteiger partial charge in [-0.1, -0.05) is 0 Å². The van der Waals surface area contributed by atoms with Gasteiger partial charge in [0.15, 0.2) is 5.60 Å². The van der Waals surface area contributed by atoms with E-state index in [1.54, 1.807) is 0 Å². The number of carbonyl (C=O) groups excluding carboxylic acids is 2. The maximum absolute atomic E-state index is 10.4. The highest BCUT2D eigenvalue weighted by Gasteiger charge is 2.28. The van der Waals surface area contributed by atoms with Crippen molar-refractivity contribution in [1.82, 2.24) is 5.73 Å². The fraction of sp³-hybridized carbons (Fsp3) is 0.667. The second-order valence-electron chi connectivity index (χ2n) is 2.43. The third kappa shape index (κ3) is 2.48. The van der Waals surface area contributed by atoms with Gasteiger partial charge in [-0.2, -0.15) is 0 Å². The lowest BCUT2D eigenvalue weighted by Gasteiger charge is -2.18. The lowest BCUT2D eigenvalue weighted by Crippen LogP contribution is -2.37. The summed E-state index contributed by atoms with van der Waals surface area (Å²) in [4.78, 5) is 20.7. The molecule has 1 amide bonds. The van der Waals surface area contributed by atoms with Crippen LogP contribution in [-0.4, -0.2) is 17.5 Å². The first kappa shape index (κ1) is 8.94. The number of nitrogens with one attached hydrogen (secondary N) is 1. The molecule has 0 fully saturated rings. The molecule has 4 nitrogen and oxygen atoms in total. The van der Waals surface area contributed by atoms with E-state index in [9.17, 15) is 9.59 Å². The van der Waals surface area contributed by atoms with Crippen LogP contribution in [0.5, 0.6) is 0 Å². The standard InChI is InChI=1S/C6H10NO3/c1-4(8)10-6(2,3)5(7)9/h7H,1-3H3. The summed E-state index contributed by atoms with van der Waals surface area (Å²) in [7, 11) is 0. The SMILES string of the molecule is CC(=O)OC(C)(C)C([NH])=O. The van der Waals surface area contributed by atoms with Gasteiger partial charge in [0.1, 0.15) is 0 Å². The van der Waals surface area contributed by atoms with Crippen LogP contribution in [0.2, 0.25) is 0 Å². The molecule has 0 spiro atoms. The third-order valence-electron chi connectivity index (χ3n) is 0.946. The Morgan fingerprint density at radius 2 is 1.80 bits per heavy atom. The smallest absolute Gasteiger partial charge is 0.303 e. The van der Waals surface area contributed by atoms with Crippen LogP contribution in [0.25, 0.3) is 0 Å². The van der Waals surface area contributed by atoms with Crippen molar-refractivity contribution in [1.29, 1.82) is 0 Å². The molecule has 4 heteroatoms. The van der Waals surface area contributed by atoms with Crippen molar-refractivity contribution < 1.29 is 14.3 Å². The van der Waals surface area contributed by atoms with E-state index in [1.807, 2.05) is 0 Å². The van der Waals surface area contributed by atoms with Crippen molar-refractivity contribution in [2.24, 2.45) is 0 Å². The second kappa shape index (κ2) is 2.68. The molecule has 0 rings (SSSR count). The highest BCUT2D eigenvalue weighted by atomic mass is 16.6.